The summed E-state index contributed by atoms with van der Waals surface area (Å²) in [5, 5.41) is 13.4. The maximum atomic E-state index is 13.3. The van der Waals surface area contributed by atoms with E-state index in [0.717, 1.165) is 10.6 Å². The third kappa shape index (κ3) is 2.16. The first-order valence-corrected chi connectivity index (χ1v) is 6.64. The van der Waals surface area contributed by atoms with E-state index < -0.39 is 17.3 Å². The van der Waals surface area contributed by atoms with E-state index in [2.05, 4.69) is 5.10 Å². The van der Waals surface area contributed by atoms with Gasteiger partial charge in [-0.25, -0.2) is 9.18 Å². The minimum Gasteiger partial charge on any atom is -0.477 e. The Kier molecular flexibility index (Phi) is 3.25. The minimum absolute atomic E-state index is 0.106. The molecule has 2 heterocycles. The zero-order valence-corrected chi connectivity index (χ0v) is 11.7. The zero-order chi connectivity index (χ0) is 15.9. The molecule has 7 heteroatoms. The molecule has 1 aromatic carbocycles. The van der Waals surface area contributed by atoms with Gasteiger partial charge in [-0.3, -0.25) is 4.79 Å². The summed E-state index contributed by atoms with van der Waals surface area (Å²) in [4.78, 5) is 23.3. The summed E-state index contributed by atoms with van der Waals surface area (Å²) in [6.45, 7) is 2.13. The van der Waals surface area contributed by atoms with Crippen molar-refractivity contribution in [3.05, 3.63) is 58.3 Å². The molecule has 0 saturated carbocycles. The van der Waals surface area contributed by atoms with E-state index in [-0.39, 0.29) is 5.69 Å². The molecule has 6 nitrogen and oxygen atoms in total. The standard InChI is InChI=1S/C15H12FN3O3/c1-2-18-12(15(21)22)8-14(20)19-13(18)7-11(17-19)9-4-3-5-10(16)6-9/h3-8H,2H2,1H3,(H,21,22). The molecule has 0 saturated heterocycles. The van der Waals surface area contributed by atoms with Crippen LogP contribution in [0.2, 0.25) is 0 Å². The fourth-order valence-electron chi connectivity index (χ4n) is 2.40. The molecule has 0 amide bonds. The molecule has 112 valence electrons. The van der Waals surface area contributed by atoms with Crippen LogP contribution in [-0.2, 0) is 6.54 Å². The Morgan fingerprint density at radius 3 is 2.73 bits per heavy atom. The van der Waals surface area contributed by atoms with Gasteiger partial charge in [0.05, 0.1) is 5.69 Å². The molecular formula is C15H12FN3O3. The van der Waals surface area contributed by atoms with Crippen LogP contribution in [0.4, 0.5) is 4.39 Å². The normalized spacial score (nSPS) is 11.0. The Hall–Kier alpha value is -2.96. The Labute approximate surface area is 124 Å². The molecular weight excluding hydrogens is 289 g/mol. The number of hydrogen-bond acceptors (Lipinski definition) is 3. The molecule has 0 aliphatic carbocycles. The number of aromatic nitrogens is 3. The monoisotopic (exact) mass is 301 g/mol. The van der Waals surface area contributed by atoms with E-state index in [9.17, 15) is 19.1 Å². The second-order valence-corrected chi connectivity index (χ2v) is 4.73. The summed E-state index contributed by atoms with van der Waals surface area (Å²) in [6.07, 6.45) is 0. The van der Waals surface area contributed by atoms with Crippen molar-refractivity contribution >= 4 is 11.6 Å². The van der Waals surface area contributed by atoms with Gasteiger partial charge >= 0.3 is 5.97 Å². The van der Waals surface area contributed by atoms with Crippen molar-refractivity contribution in [3.8, 4) is 11.3 Å². The number of aromatic carboxylic acids is 1. The van der Waals surface area contributed by atoms with E-state index in [1.54, 1.807) is 25.1 Å². The molecule has 0 aliphatic heterocycles. The Morgan fingerprint density at radius 1 is 1.32 bits per heavy atom. The van der Waals surface area contributed by atoms with Crippen molar-refractivity contribution in [2.24, 2.45) is 0 Å². The average molecular weight is 301 g/mol. The molecule has 0 unspecified atom stereocenters. The maximum Gasteiger partial charge on any atom is 0.352 e. The van der Waals surface area contributed by atoms with Crippen molar-refractivity contribution in [3.63, 3.8) is 0 Å². The molecule has 0 fully saturated rings. The number of carboxylic acid groups (broad SMARTS) is 1. The second-order valence-electron chi connectivity index (χ2n) is 4.73. The number of halogens is 1. The Morgan fingerprint density at radius 2 is 2.09 bits per heavy atom. The number of carbonyl (C=O) groups is 1. The highest BCUT2D eigenvalue weighted by Crippen LogP contribution is 2.20. The fraction of sp³-hybridized carbons (Fsp3) is 0.133. The molecule has 0 spiro atoms. The first kappa shape index (κ1) is 14.0. The van der Waals surface area contributed by atoms with Crippen molar-refractivity contribution in [2.45, 2.75) is 13.5 Å². The second kappa shape index (κ2) is 5.10. The number of nitrogens with zero attached hydrogens (tertiary/aromatic N) is 3. The number of fused-ring (bicyclic) bond motifs is 1. The lowest BCUT2D eigenvalue weighted by Gasteiger charge is -2.09. The lowest BCUT2D eigenvalue weighted by molar-refractivity contribution is 0.0684. The van der Waals surface area contributed by atoms with Gasteiger partial charge in [0.2, 0.25) is 0 Å². The van der Waals surface area contributed by atoms with Crippen molar-refractivity contribution in [1.82, 2.24) is 14.2 Å². The number of benzene rings is 1. The van der Waals surface area contributed by atoms with Crippen LogP contribution in [0.3, 0.4) is 0 Å². The maximum absolute atomic E-state index is 13.3. The largest absolute Gasteiger partial charge is 0.477 e. The molecule has 22 heavy (non-hydrogen) atoms. The van der Waals surface area contributed by atoms with Crippen LogP contribution in [0.5, 0.6) is 0 Å². The highest BCUT2D eigenvalue weighted by molar-refractivity contribution is 5.86. The van der Waals surface area contributed by atoms with Crippen LogP contribution in [0.25, 0.3) is 16.9 Å². The van der Waals surface area contributed by atoms with Crippen LogP contribution < -0.4 is 5.56 Å². The minimum atomic E-state index is -1.19. The van der Waals surface area contributed by atoms with Gasteiger partial charge in [0.25, 0.3) is 5.56 Å². The highest BCUT2D eigenvalue weighted by Gasteiger charge is 2.16. The number of rotatable bonds is 3. The molecule has 3 rings (SSSR count). The third-order valence-corrected chi connectivity index (χ3v) is 3.38. The number of aryl methyl sites for hydroxylation is 1. The zero-order valence-electron chi connectivity index (χ0n) is 11.7. The van der Waals surface area contributed by atoms with Crippen LogP contribution >= 0.6 is 0 Å². The molecule has 0 atom stereocenters. The summed E-state index contributed by atoms with van der Waals surface area (Å²) in [5.74, 6) is -1.60. The van der Waals surface area contributed by atoms with E-state index in [0.29, 0.717) is 23.4 Å². The fourth-order valence-corrected chi connectivity index (χ4v) is 2.40. The quantitative estimate of drug-likeness (QED) is 0.803. The summed E-state index contributed by atoms with van der Waals surface area (Å²) >= 11 is 0. The van der Waals surface area contributed by atoms with Crippen molar-refractivity contribution in [2.75, 3.05) is 0 Å². The topological polar surface area (TPSA) is 76.6 Å². The molecule has 2 aromatic heterocycles. The van der Waals surface area contributed by atoms with Crippen molar-refractivity contribution in [1.29, 1.82) is 0 Å². The molecule has 3 aromatic rings. The first-order chi connectivity index (χ1) is 10.5. The molecule has 1 N–H and O–H groups in total. The summed E-state index contributed by atoms with van der Waals surface area (Å²) in [6, 6.07) is 8.44. The smallest absolute Gasteiger partial charge is 0.352 e. The lowest BCUT2D eigenvalue weighted by Crippen LogP contribution is -2.23. The van der Waals surface area contributed by atoms with Crippen molar-refractivity contribution < 1.29 is 14.3 Å². The summed E-state index contributed by atoms with van der Waals surface area (Å²) in [7, 11) is 0. The van der Waals surface area contributed by atoms with Gasteiger partial charge in [-0.05, 0) is 19.1 Å². The average Bonchev–Trinajstić information content (AvgIpc) is 2.92. The SMILES string of the molecule is CCn1c(C(=O)O)cc(=O)n2nc(-c3cccc(F)c3)cc12. The van der Waals surface area contributed by atoms with Gasteiger partial charge in [-0.15, -0.1) is 0 Å². The van der Waals surface area contributed by atoms with Crippen LogP contribution in [0, 0.1) is 5.82 Å². The summed E-state index contributed by atoms with van der Waals surface area (Å²) < 4.78 is 15.9. The van der Waals surface area contributed by atoms with Gasteiger partial charge < -0.3 is 9.67 Å². The predicted octanol–water partition coefficient (Wildman–Crippen LogP) is 2.02. The Balaban J connectivity index is 2.32. The lowest BCUT2D eigenvalue weighted by atomic mass is 10.1. The predicted molar refractivity (Wildman–Crippen MR) is 77.5 cm³/mol. The third-order valence-electron chi connectivity index (χ3n) is 3.38. The summed E-state index contributed by atoms with van der Waals surface area (Å²) in [5.41, 5.74) is 0.626. The molecule has 0 radical (unpaired) electrons. The van der Waals surface area contributed by atoms with Gasteiger partial charge in [-0.1, -0.05) is 12.1 Å². The first-order valence-electron chi connectivity index (χ1n) is 6.64. The van der Waals surface area contributed by atoms with Crippen LogP contribution in [-0.4, -0.2) is 25.3 Å². The van der Waals surface area contributed by atoms with Gasteiger partial charge in [0.15, 0.2) is 0 Å². The van der Waals surface area contributed by atoms with E-state index in [1.165, 1.54) is 16.7 Å². The van der Waals surface area contributed by atoms with Crippen LogP contribution in [0.15, 0.2) is 41.2 Å². The van der Waals surface area contributed by atoms with Crippen LogP contribution in [0.1, 0.15) is 17.4 Å². The number of carboxylic acids is 1. The molecule has 0 aliphatic rings. The van der Waals surface area contributed by atoms with Gasteiger partial charge in [0, 0.05) is 24.2 Å². The van der Waals surface area contributed by atoms with Gasteiger partial charge in [0.1, 0.15) is 17.2 Å². The number of hydrogen-bond donors (Lipinski definition) is 1. The molecule has 0 bridgehead atoms. The van der Waals surface area contributed by atoms with E-state index >= 15 is 0 Å². The highest BCUT2D eigenvalue weighted by atomic mass is 19.1. The van der Waals surface area contributed by atoms with E-state index in [1.807, 2.05) is 0 Å². The Bertz CT molecular complexity index is 943. The van der Waals surface area contributed by atoms with E-state index in [4.69, 9.17) is 0 Å². The van der Waals surface area contributed by atoms with Gasteiger partial charge in [-0.2, -0.15) is 9.61 Å².